The molecule has 2 heterocycles. The van der Waals surface area contributed by atoms with Crippen molar-refractivity contribution in [2.45, 2.75) is 31.5 Å². The largest absolute Gasteiger partial charge is 0.382 e. The Bertz CT molecular complexity index is 868. The van der Waals surface area contributed by atoms with Gasteiger partial charge in [-0.2, -0.15) is 0 Å². The van der Waals surface area contributed by atoms with Crippen LogP contribution in [-0.4, -0.2) is 30.9 Å². The zero-order chi connectivity index (χ0) is 18.6. The predicted molar refractivity (Wildman–Crippen MR) is 104 cm³/mol. The summed E-state index contributed by atoms with van der Waals surface area (Å²) in [6, 6.07) is 15.8. The molecule has 0 radical (unpaired) electrons. The summed E-state index contributed by atoms with van der Waals surface area (Å²) in [6.45, 7) is 1.10. The Morgan fingerprint density at radius 2 is 2.11 bits per heavy atom. The zero-order valence-corrected chi connectivity index (χ0v) is 15.6. The Labute approximate surface area is 163 Å². The van der Waals surface area contributed by atoms with Gasteiger partial charge in [0.05, 0.1) is 12.3 Å². The number of fused-ring (bicyclic) bond motifs is 1. The molecule has 2 unspecified atom stereocenters. The van der Waals surface area contributed by atoms with E-state index in [2.05, 4.69) is 22.6 Å². The van der Waals surface area contributed by atoms with Gasteiger partial charge >= 0.3 is 0 Å². The van der Waals surface area contributed by atoms with Gasteiger partial charge < -0.3 is 14.9 Å². The SMILES string of the molecule is O=C(NCC1OCCc2ccccc21)C1CC(Cc2cccc(Cl)c2)=NO1. The minimum atomic E-state index is -0.585. The van der Waals surface area contributed by atoms with E-state index in [-0.39, 0.29) is 12.0 Å². The Morgan fingerprint density at radius 1 is 1.22 bits per heavy atom. The molecule has 2 aliphatic heterocycles. The maximum absolute atomic E-state index is 12.5. The Kier molecular flexibility index (Phi) is 5.41. The number of halogens is 1. The molecule has 1 amide bonds. The number of carbonyl (C=O) groups is 1. The highest BCUT2D eigenvalue weighted by molar-refractivity contribution is 6.30. The summed E-state index contributed by atoms with van der Waals surface area (Å²) in [4.78, 5) is 17.8. The molecule has 140 valence electrons. The molecule has 2 atom stereocenters. The number of oxime groups is 1. The number of benzene rings is 2. The van der Waals surface area contributed by atoms with E-state index in [1.807, 2.05) is 36.4 Å². The van der Waals surface area contributed by atoms with E-state index >= 15 is 0 Å². The Hall–Kier alpha value is -2.37. The third-order valence-corrected chi connectivity index (χ3v) is 5.11. The van der Waals surface area contributed by atoms with Crippen LogP contribution in [-0.2, 0) is 27.2 Å². The highest BCUT2D eigenvalue weighted by Crippen LogP contribution is 2.26. The van der Waals surface area contributed by atoms with E-state index in [1.54, 1.807) is 0 Å². The van der Waals surface area contributed by atoms with Crippen molar-refractivity contribution in [2.75, 3.05) is 13.2 Å². The fourth-order valence-electron chi connectivity index (χ4n) is 3.51. The molecule has 0 aromatic heterocycles. The van der Waals surface area contributed by atoms with Gasteiger partial charge in [0.15, 0.2) is 0 Å². The van der Waals surface area contributed by atoms with Crippen LogP contribution in [0.3, 0.4) is 0 Å². The maximum Gasteiger partial charge on any atom is 0.264 e. The number of rotatable bonds is 5. The quantitative estimate of drug-likeness (QED) is 0.858. The lowest BCUT2D eigenvalue weighted by Crippen LogP contribution is -2.38. The first-order valence-electron chi connectivity index (χ1n) is 9.12. The minimum Gasteiger partial charge on any atom is -0.382 e. The van der Waals surface area contributed by atoms with Gasteiger partial charge in [-0.1, -0.05) is 53.2 Å². The molecule has 2 aromatic carbocycles. The maximum atomic E-state index is 12.5. The summed E-state index contributed by atoms with van der Waals surface area (Å²) >= 11 is 6.01. The summed E-state index contributed by atoms with van der Waals surface area (Å²) < 4.78 is 5.83. The van der Waals surface area contributed by atoms with Crippen molar-refractivity contribution < 1.29 is 14.4 Å². The summed E-state index contributed by atoms with van der Waals surface area (Å²) in [5.41, 5.74) is 4.33. The standard InChI is InChI=1S/C21H21ClN2O3/c22-16-6-3-4-14(10-16)11-17-12-19(27-24-17)21(25)23-13-20-18-7-2-1-5-15(18)8-9-26-20/h1-7,10,19-20H,8-9,11-13H2,(H,23,25). The summed E-state index contributed by atoms with van der Waals surface area (Å²) in [5.74, 6) is -0.161. The number of carbonyl (C=O) groups excluding carboxylic acids is 1. The first-order chi connectivity index (χ1) is 13.2. The zero-order valence-electron chi connectivity index (χ0n) is 14.9. The van der Waals surface area contributed by atoms with Crippen LogP contribution in [0.1, 0.15) is 29.2 Å². The lowest BCUT2D eigenvalue weighted by atomic mass is 9.97. The average Bonchev–Trinajstić information content (AvgIpc) is 3.14. The van der Waals surface area contributed by atoms with E-state index in [0.717, 1.165) is 23.3 Å². The monoisotopic (exact) mass is 384 g/mol. The second-order valence-corrected chi connectivity index (χ2v) is 7.25. The molecule has 5 nitrogen and oxygen atoms in total. The fraction of sp³-hybridized carbons (Fsp3) is 0.333. The van der Waals surface area contributed by atoms with Gasteiger partial charge in [0.25, 0.3) is 5.91 Å². The molecule has 4 rings (SSSR count). The minimum absolute atomic E-state index is 0.118. The van der Waals surface area contributed by atoms with Gasteiger partial charge in [-0.3, -0.25) is 4.79 Å². The molecule has 0 aliphatic carbocycles. The van der Waals surface area contributed by atoms with E-state index in [1.165, 1.54) is 5.56 Å². The number of ether oxygens (including phenoxy) is 1. The summed E-state index contributed by atoms with van der Waals surface area (Å²) in [7, 11) is 0. The van der Waals surface area contributed by atoms with Gasteiger partial charge in [0, 0.05) is 24.4 Å². The number of hydrogen-bond acceptors (Lipinski definition) is 4. The molecule has 0 saturated heterocycles. The number of nitrogens with one attached hydrogen (secondary N) is 1. The molecule has 27 heavy (non-hydrogen) atoms. The van der Waals surface area contributed by atoms with Crippen LogP contribution >= 0.6 is 11.6 Å². The van der Waals surface area contributed by atoms with E-state index < -0.39 is 6.10 Å². The number of nitrogens with zero attached hydrogens (tertiary/aromatic N) is 1. The second kappa shape index (κ2) is 8.11. The summed E-state index contributed by atoms with van der Waals surface area (Å²) in [6.07, 6.45) is 1.32. The van der Waals surface area contributed by atoms with Gasteiger partial charge in [-0.05, 0) is 35.2 Å². The van der Waals surface area contributed by atoms with Crippen molar-refractivity contribution in [1.29, 1.82) is 0 Å². The van der Waals surface area contributed by atoms with Crippen molar-refractivity contribution in [3.8, 4) is 0 Å². The molecule has 0 saturated carbocycles. The van der Waals surface area contributed by atoms with Crippen molar-refractivity contribution in [3.05, 3.63) is 70.2 Å². The van der Waals surface area contributed by atoms with Crippen LogP contribution in [0.25, 0.3) is 0 Å². The molecular formula is C21H21ClN2O3. The van der Waals surface area contributed by atoms with Gasteiger partial charge in [-0.15, -0.1) is 0 Å². The Morgan fingerprint density at radius 3 is 3.00 bits per heavy atom. The third kappa shape index (κ3) is 4.31. The molecule has 6 heteroatoms. The summed E-state index contributed by atoms with van der Waals surface area (Å²) in [5, 5.41) is 7.71. The smallest absolute Gasteiger partial charge is 0.264 e. The van der Waals surface area contributed by atoms with Gasteiger partial charge in [0.2, 0.25) is 6.10 Å². The van der Waals surface area contributed by atoms with Crippen molar-refractivity contribution in [1.82, 2.24) is 5.32 Å². The predicted octanol–water partition coefficient (Wildman–Crippen LogP) is 3.46. The van der Waals surface area contributed by atoms with Crippen LogP contribution in [0, 0.1) is 0 Å². The normalized spacial score (nSPS) is 21.1. The van der Waals surface area contributed by atoms with E-state index in [0.29, 0.717) is 31.0 Å². The molecule has 2 aliphatic rings. The molecular weight excluding hydrogens is 364 g/mol. The Balaban J connectivity index is 1.29. The highest BCUT2D eigenvalue weighted by atomic mass is 35.5. The number of amides is 1. The van der Waals surface area contributed by atoms with Crippen LogP contribution in [0.15, 0.2) is 53.7 Å². The van der Waals surface area contributed by atoms with Gasteiger partial charge in [-0.25, -0.2) is 0 Å². The molecule has 0 bridgehead atoms. The molecule has 1 N–H and O–H groups in total. The highest BCUT2D eigenvalue weighted by Gasteiger charge is 2.29. The average molecular weight is 385 g/mol. The van der Waals surface area contributed by atoms with Crippen LogP contribution in [0.4, 0.5) is 0 Å². The fourth-order valence-corrected chi connectivity index (χ4v) is 3.72. The second-order valence-electron chi connectivity index (χ2n) is 6.82. The third-order valence-electron chi connectivity index (χ3n) is 4.87. The van der Waals surface area contributed by atoms with E-state index in [9.17, 15) is 4.79 Å². The lowest BCUT2D eigenvalue weighted by Gasteiger charge is -2.26. The van der Waals surface area contributed by atoms with Crippen LogP contribution < -0.4 is 5.32 Å². The van der Waals surface area contributed by atoms with Gasteiger partial charge in [0.1, 0.15) is 6.10 Å². The first-order valence-corrected chi connectivity index (χ1v) is 9.50. The van der Waals surface area contributed by atoms with Crippen molar-refractivity contribution in [3.63, 3.8) is 0 Å². The molecule has 0 fully saturated rings. The lowest BCUT2D eigenvalue weighted by molar-refractivity contribution is -0.131. The van der Waals surface area contributed by atoms with Crippen molar-refractivity contribution in [2.24, 2.45) is 5.16 Å². The topological polar surface area (TPSA) is 59.9 Å². The van der Waals surface area contributed by atoms with Crippen LogP contribution in [0.5, 0.6) is 0 Å². The molecule has 0 spiro atoms. The molecule has 2 aromatic rings. The van der Waals surface area contributed by atoms with E-state index in [4.69, 9.17) is 21.2 Å². The number of hydrogen-bond donors (Lipinski definition) is 1. The van der Waals surface area contributed by atoms with Crippen LogP contribution in [0.2, 0.25) is 5.02 Å². The first kappa shape index (κ1) is 18.0. The van der Waals surface area contributed by atoms with Crippen molar-refractivity contribution >= 4 is 23.2 Å².